The monoisotopic (exact) mass is 464 g/mol. The second-order valence-corrected chi connectivity index (χ2v) is 11.1. The highest BCUT2D eigenvalue weighted by Gasteiger charge is 2.26. The standard InChI is InChI=1S/C20H24N4O5S2/c25-30(26,14-11-23-16-21-19-3-1-2-4-20(19)23)22-15-17-5-7-18(8-6-17)31(27,28)24-9-12-29-13-10-24/h1-8,16,22H,9-15H2. The van der Waals surface area contributed by atoms with Gasteiger partial charge in [0.1, 0.15) is 0 Å². The summed E-state index contributed by atoms with van der Waals surface area (Å²) in [5.41, 5.74) is 2.38. The number of imidazole rings is 1. The maximum Gasteiger partial charge on any atom is 0.243 e. The van der Waals surface area contributed by atoms with E-state index in [1.54, 1.807) is 23.0 Å². The van der Waals surface area contributed by atoms with Crippen LogP contribution in [0, 0.1) is 0 Å². The van der Waals surface area contributed by atoms with Gasteiger partial charge in [0.05, 0.1) is 41.2 Å². The Hall–Kier alpha value is -2.31. The van der Waals surface area contributed by atoms with Crippen LogP contribution in [-0.2, 0) is 37.9 Å². The fourth-order valence-electron chi connectivity index (χ4n) is 3.39. The minimum atomic E-state index is -3.57. The average Bonchev–Trinajstić information content (AvgIpc) is 3.21. The van der Waals surface area contributed by atoms with Gasteiger partial charge in [-0.1, -0.05) is 24.3 Å². The lowest BCUT2D eigenvalue weighted by molar-refractivity contribution is 0.0730. The number of ether oxygens (including phenoxy) is 1. The number of morpholine rings is 1. The van der Waals surface area contributed by atoms with E-state index >= 15 is 0 Å². The van der Waals surface area contributed by atoms with Crippen LogP contribution in [0.2, 0.25) is 0 Å². The van der Waals surface area contributed by atoms with E-state index in [-0.39, 0.29) is 23.7 Å². The molecule has 0 spiro atoms. The predicted octanol–water partition coefficient (Wildman–Crippen LogP) is 1.18. The lowest BCUT2D eigenvalue weighted by atomic mass is 10.2. The molecule has 1 aliphatic rings. The van der Waals surface area contributed by atoms with Gasteiger partial charge >= 0.3 is 0 Å². The van der Waals surface area contributed by atoms with E-state index in [1.807, 2.05) is 24.3 Å². The van der Waals surface area contributed by atoms with Gasteiger partial charge in [-0.2, -0.15) is 4.31 Å². The van der Waals surface area contributed by atoms with Crippen LogP contribution >= 0.6 is 0 Å². The van der Waals surface area contributed by atoms with Gasteiger partial charge < -0.3 is 9.30 Å². The topological polar surface area (TPSA) is 111 Å². The van der Waals surface area contributed by atoms with Gasteiger partial charge in [-0.25, -0.2) is 26.5 Å². The molecule has 0 atom stereocenters. The van der Waals surface area contributed by atoms with Gasteiger partial charge in [0.25, 0.3) is 0 Å². The molecule has 9 nitrogen and oxygen atoms in total. The van der Waals surface area contributed by atoms with E-state index in [9.17, 15) is 16.8 Å². The number of aryl methyl sites for hydroxylation is 1. The highest BCUT2D eigenvalue weighted by atomic mass is 32.2. The largest absolute Gasteiger partial charge is 0.379 e. The molecule has 1 fully saturated rings. The lowest BCUT2D eigenvalue weighted by Gasteiger charge is -2.26. The van der Waals surface area contributed by atoms with E-state index in [0.29, 0.717) is 31.9 Å². The number of sulfonamides is 2. The Balaban J connectivity index is 1.35. The Morgan fingerprint density at radius 1 is 0.968 bits per heavy atom. The molecule has 2 heterocycles. The molecule has 1 aromatic heterocycles. The molecule has 0 bridgehead atoms. The first-order valence-corrected chi connectivity index (χ1v) is 13.0. The fraction of sp³-hybridized carbons (Fsp3) is 0.350. The SMILES string of the molecule is O=S(=O)(CCn1cnc2ccccc21)NCc1ccc(S(=O)(=O)N2CCOCC2)cc1. The smallest absolute Gasteiger partial charge is 0.243 e. The number of hydrogen-bond donors (Lipinski definition) is 1. The second kappa shape index (κ2) is 9.05. The van der Waals surface area contributed by atoms with Crippen LogP contribution in [0.15, 0.2) is 59.8 Å². The van der Waals surface area contributed by atoms with E-state index < -0.39 is 20.0 Å². The van der Waals surface area contributed by atoms with Crippen molar-refractivity contribution in [1.82, 2.24) is 18.6 Å². The van der Waals surface area contributed by atoms with Crippen molar-refractivity contribution >= 4 is 31.1 Å². The highest BCUT2D eigenvalue weighted by molar-refractivity contribution is 7.89. The summed E-state index contributed by atoms with van der Waals surface area (Å²) in [6, 6.07) is 13.8. The zero-order valence-corrected chi connectivity index (χ0v) is 18.5. The lowest BCUT2D eigenvalue weighted by Crippen LogP contribution is -2.40. The van der Waals surface area contributed by atoms with Crippen molar-refractivity contribution in [2.75, 3.05) is 32.1 Å². The van der Waals surface area contributed by atoms with Crippen molar-refractivity contribution in [3.63, 3.8) is 0 Å². The van der Waals surface area contributed by atoms with Crippen LogP contribution in [0.1, 0.15) is 5.56 Å². The van der Waals surface area contributed by atoms with Crippen molar-refractivity contribution < 1.29 is 21.6 Å². The van der Waals surface area contributed by atoms with E-state index in [2.05, 4.69) is 9.71 Å². The molecule has 166 valence electrons. The first kappa shape index (κ1) is 21.9. The molecule has 1 saturated heterocycles. The molecular formula is C20H24N4O5S2. The molecule has 0 unspecified atom stereocenters. The van der Waals surface area contributed by atoms with E-state index in [1.165, 1.54) is 16.4 Å². The summed E-state index contributed by atoms with van der Waals surface area (Å²) in [6.07, 6.45) is 1.63. The maximum atomic E-state index is 12.7. The molecule has 4 rings (SSSR count). The number of fused-ring (bicyclic) bond motifs is 1. The molecule has 1 N–H and O–H groups in total. The van der Waals surface area contributed by atoms with Crippen LogP contribution in [0.5, 0.6) is 0 Å². The van der Waals surface area contributed by atoms with Gasteiger partial charge in [-0.05, 0) is 29.8 Å². The minimum Gasteiger partial charge on any atom is -0.379 e. The Morgan fingerprint density at radius 2 is 1.68 bits per heavy atom. The van der Waals surface area contributed by atoms with Crippen molar-refractivity contribution in [3.05, 3.63) is 60.4 Å². The zero-order valence-electron chi connectivity index (χ0n) is 16.8. The molecule has 3 aromatic rings. The fourth-order valence-corrected chi connectivity index (χ4v) is 5.76. The molecule has 2 aromatic carbocycles. The Kier molecular flexibility index (Phi) is 6.39. The number of para-hydroxylation sites is 2. The van der Waals surface area contributed by atoms with Crippen molar-refractivity contribution in [1.29, 1.82) is 0 Å². The first-order chi connectivity index (χ1) is 14.9. The van der Waals surface area contributed by atoms with Crippen LogP contribution in [0.4, 0.5) is 0 Å². The first-order valence-electron chi connectivity index (χ1n) is 9.89. The van der Waals surface area contributed by atoms with Crippen LogP contribution in [0.3, 0.4) is 0 Å². The summed E-state index contributed by atoms with van der Waals surface area (Å²) in [5.74, 6) is -0.0865. The summed E-state index contributed by atoms with van der Waals surface area (Å²) in [7, 11) is -7.09. The van der Waals surface area contributed by atoms with Crippen LogP contribution in [0.25, 0.3) is 11.0 Å². The summed E-state index contributed by atoms with van der Waals surface area (Å²) in [6.45, 7) is 1.80. The highest BCUT2D eigenvalue weighted by Crippen LogP contribution is 2.18. The van der Waals surface area contributed by atoms with Crippen LogP contribution in [-0.4, -0.2) is 62.7 Å². The third-order valence-corrected chi connectivity index (χ3v) is 8.37. The quantitative estimate of drug-likeness (QED) is 0.536. The third-order valence-electron chi connectivity index (χ3n) is 5.16. The number of aromatic nitrogens is 2. The summed E-state index contributed by atoms with van der Waals surface area (Å²) >= 11 is 0. The van der Waals surface area contributed by atoms with E-state index in [0.717, 1.165) is 11.0 Å². The summed E-state index contributed by atoms with van der Waals surface area (Å²) in [5, 5.41) is 0. The van der Waals surface area contributed by atoms with Gasteiger partial charge in [-0.15, -0.1) is 0 Å². The molecule has 0 amide bonds. The number of benzene rings is 2. The Labute approximate surface area is 181 Å². The summed E-state index contributed by atoms with van der Waals surface area (Å²) < 4.78 is 61.1. The number of hydrogen-bond acceptors (Lipinski definition) is 6. The molecule has 1 aliphatic heterocycles. The Bertz CT molecular complexity index is 1250. The molecule has 0 aliphatic carbocycles. The average molecular weight is 465 g/mol. The molecular weight excluding hydrogens is 440 g/mol. The van der Waals surface area contributed by atoms with Crippen molar-refractivity contribution in [2.45, 2.75) is 18.0 Å². The zero-order chi connectivity index (χ0) is 21.9. The number of rotatable bonds is 8. The molecule has 31 heavy (non-hydrogen) atoms. The number of nitrogens with one attached hydrogen (secondary N) is 1. The summed E-state index contributed by atoms with van der Waals surface area (Å²) in [4.78, 5) is 4.45. The second-order valence-electron chi connectivity index (χ2n) is 7.23. The number of nitrogens with zero attached hydrogens (tertiary/aromatic N) is 3. The van der Waals surface area contributed by atoms with Crippen molar-refractivity contribution in [2.24, 2.45) is 0 Å². The maximum absolute atomic E-state index is 12.7. The van der Waals surface area contributed by atoms with Gasteiger partial charge in [-0.3, -0.25) is 0 Å². The third kappa shape index (κ3) is 5.13. The molecule has 0 radical (unpaired) electrons. The normalized spacial score (nSPS) is 16.0. The van der Waals surface area contributed by atoms with Gasteiger partial charge in [0, 0.05) is 26.2 Å². The Morgan fingerprint density at radius 3 is 2.42 bits per heavy atom. The minimum absolute atomic E-state index is 0.0865. The predicted molar refractivity (Wildman–Crippen MR) is 116 cm³/mol. The van der Waals surface area contributed by atoms with Gasteiger partial charge in [0.2, 0.25) is 20.0 Å². The molecule has 11 heteroatoms. The molecule has 0 saturated carbocycles. The van der Waals surface area contributed by atoms with E-state index in [4.69, 9.17) is 4.74 Å². The van der Waals surface area contributed by atoms with Crippen molar-refractivity contribution in [3.8, 4) is 0 Å². The van der Waals surface area contributed by atoms with Crippen LogP contribution < -0.4 is 4.72 Å². The van der Waals surface area contributed by atoms with Gasteiger partial charge in [0.15, 0.2) is 0 Å².